The molecule has 0 radical (unpaired) electrons. The van der Waals surface area contributed by atoms with Crippen LogP contribution in [0.15, 0.2) is 12.4 Å². The topological polar surface area (TPSA) is 72.9 Å². The number of carbonyl (C=O) groups excluding carboxylic acids is 1. The lowest BCUT2D eigenvalue weighted by Crippen LogP contribution is -2.58. The van der Waals surface area contributed by atoms with Crippen LogP contribution in [0, 0.1) is 5.92 Å². The van der Waals surface area contributed by atoms with Crippen LogP contribution in [0.1, 0.15) is 49.4 Å². The average Bonchev–Trinajstić information content (AvgIpc) is 2.86. The van der Waals surface area contributed by atoms with Crippen LogP contribution in [0.3, 0.4) is 0 Å². The molecule has 0 aliphatic heterocycles. The molecule has 1 aliphatic carbocycles. The highest BCUT2D eigenvalue weighted by atomic mass is 32.1. The van der Waals surface area contributed by atoms with Crippen molar-refractivity contribution in [2.24, 2.45) is 18.7 Å². The third kappa shape index (κ3) is 3.00. The van der Waals surface area contributed by atoms with Gasteiger partial charge in [0.15, 0.2) is 0 Å². The molecule has 6 heteroatoms. The smallest absolute Gasteiger partial charge is 0.255 e. The van der Waals surface area contributed by atoms with E-state index in [9.17, 15) is 4.79 Å². The van der Waals surface area contributed by atoms with Gasteiger partial charge in [-0.3, -0.25) is 9.48 Å². The number of aromatic nitrogens is 2. The van der Waals surface area contributed by atoms with E-state index in [2.05, 4.69) is 17.3 Å². The summed E-state index contributed by atoms with van der Waals surface area (Å²) in [5.74, 6) is 0.564. The Morgan fingerprint density at radius 3 is 2.70 bits per heavy atom. The summed E-state index contributed by atoms with van der Waals surface area (Å²) >= 11 is 5.22. The molecule has 0 atom stereocenters. The fraction of sp³-hybridized carbons (Fsp3) is 0.643. The molecule has 0 saturated heterocycles. The number of hydrogen-bond donors (Lipinski definition) is 2. The first-order valence-corrected chi connectivity index (χ1v) is 7.49. The highest BCUT2D eigenvalue weighted by Crippen LogP contribution is 2.34. The van der Waals surface area contributed by atoms with Crippen molar-refractivity contribution in [3.8, 4) is 0 Å². The van der Waals surface area contributed by atoms with Gasteiger partial charge in [-0.05, 0) is 31.6 Å². The van der Waals surface area contributed by atoms with Crippen molar-refractivity contribution in [3.05, 3.63) is 18.0 Å². The van der Waals surface area contributed by atoms with Crippen molar-refractivity contribution < 1.29 is 4.79 Å². The van der Waals surface area contributed by atoms with Gasteiger partial charge in [0.25, 0.3) is 5.91 Å². The van der Waals surface area contributed by atoms with Crippen LogP contribution < -0.4 is 11.1 Å². The number of carbonyl (C=O) groups is 1. The average molecular weight is 294 g/mol. The molecule has 20 heavy (non-hydrogen) atoms. The Labute approximate surface area is 124 Å². The summed E-state index contributed by atoms with van der Waals surface area (Å²) in [6, 6.07) is 0. The van der Waals surface area contributed by atoms with Gasteiger partial charge in [0, 0.05) is 13.2 Å². The zero-order chi connectivity index (χ0) is 14.8. The molecule has 1 amide bonds. The monoisotopic (exact) mass is 294 g/mol. The Bertz CT molecular complexity index is 503. The van der Waals surface area contributed by atoms with Crippen LogP contribution in [0.25, 0.3) is 0 Å². The molecular formula is C14H22N4OS. The number of nitrogens with one attached hydrogen (secondary N) is 1. The summed E-state index contributed by atoms with van der Waals surface area (Å²) in [5.41, 5.74) is 5.93. The fourth-order valence-electron chi connectivity index (χ4n) is 2.84. The van der Waals surface area contributed by atoms with Crippen LogP contribution in [0.2, 0.25) is 0 Å². The molecule has 1 aliphatic rings. The number of nitrogens with zero attached hydrogens (tertiary/aromatic N) is 2. The first-order valence-electron chi connectivity index (χ1n) is 7.08. The number of rotatable bonds is 4. The van der Waals surface area contributed by atoms with Crippen molar-refractivity contribution in [3.63, 3.8) is 0 Å². The van der Waals surface area contributed by atoms with Crippen LogP contribution in [-0.4, -0.2) is 26.2 Å². The minimum atomic E-state index is -0.534. The molecule has 1 aromatic heterocycles. The Morgan fingerprint density at radius 1 is 1.60 bits per heavy atom. The van der Waals surface area contributed by atoms with E-state index in [4.69, 9.17) is 18.0 Å². The van der Waals surface area contributed by atoms with Crippen molar-refractivity contribution >= 4 is 23.1 Å². The Hall–Kier alpha value is -1.43. The van der Waals surface area contributed by atoms with E-state index in [0.29, 0.717) is 16.5 Å². The molecule has 1 saturated carbocycles. The zero-order valence-electron chi connectivity index (χ0n) is 12.1. The Kier molecular flexibility index (Phi) is 4.42. The van der Waals surface area contributed by atoms with Crippen molar-refractivity contribution in [1.29, 1.82) is 0 Å². The predicted octanol–water partition coefficient (Wildman–Crippen LogP) is 1.77. The lowest BCUT2D eigenvalue weighted by Gasteiger charge is -2.39. The van der Waals surface area contributed by atoms with Crippen LogP contribution in [0.4, 0.5) is 0 Å². The maximum Gasteiger partial charge on any atom is 0.255 e. The van der Waals surface area contributed by atoms with Crippen LogP contribution in [-0.2, 0) is 7.05 Å². The highest BCUT2D eigenvalue weighted by Gasteiger charge is 2.39. The van der Waals surface area contributed by atoms with Gasteiger partial charge in [-0.1, -0.05) is 25.6 Å². The molecule has 0 unspecified atom stereocenters. The molecule has 5 nitrogen and oxygen atoms in total. The molecule has 1 fully saturated rings. The van der Waals surface area contributed by atoms with Gasteiger partial charge in [0.1, 0.15) is 0 Å². The molecule has 1 aromatic rings. The molecule has 0 spiro atoms. The van der Waals surface area contributed by atoms with E-state index in [0.717, 1.165) is 25.7 Å². The molecule has 3 N–H and O–H groups in total. The fourth-order valence-corrected chi connectivity index (χ4v) is 3.09. The second kappa shape index (κ2) is 5.91. The van der Waals surface area contributed by atoms with Gasteiger partial charge in [-0.15, -0.1) is 0 Å². The van der Waals surface area contributed by atoms with E-state index in [1.54, 1.807) is 24.1 Å². The second-order valence-electron chi connectivity index (χ2n) is 5.65. The normalized spacial score (nSPS) is 26.2. The Morgan fingerprint density at radius 2 is 2.25 bits per heavy atom. The summed E-state index contributed by atoms with van der Waals surface area (Å²) < 4.78 is 1.61. The van der Waals surface area contributed by atoms with Gasteiger partial charge >= 0.3 is 0 Å². The predicted molar refractivity (Wildman–Crippen MR) is 82.4 cm³/mol. The van der Waals surface area contributed by atoms with Crippen LogP contribution in [0.5, 0.6) is 0 Å². The number of hydrogen-bond acceptors (Lipinski definition) is 3. The minimum Gasteiger partial charge on any atom is -0.391 e. The second-order valence-corrected chi connectivity index (χ2v) is 6.09. The summed E-state index contributed by atoms with van der Waals surface area (Å²) in [7, 11) is 1.78. The van der Waals surface area contributed by atoms with Gasteiger partial charge in [0.05, 0.1) is 22.3 Å². The Balaban J connectivity index is 2.10. The first-order chi connectivity index (χ1) is 9.47. The van der Waals surface area contributed by atoms with E-state index in [1.165, 1.54) is 6.42 Å². The van der Waals surface area contributed by atoms with Gasteiger partial charge in [-0.2, -0.15) is 5.10 Å². The maximum atomic E-state index is 12.3. The van der Waals surface area contributed by atoms with E-state index in [-0.39, 0.29) is 5.91 Å². The molecule has 0 bridgehead atoms. The van der Waals surface area contributed by atoms with E-state index in [1.807, 2.05) is 0 Å². The minimum absolute atomic E-state index is 0.152. The number of amides is 1. The summed E-state index contributed by atoms with van der Waals surface area (Å²) in [6.07, 6.45) is 8.19. The SMILES string of the molecule is CCC1CCC(NC(=O)c2cnn(C)c2)(C(N)=S)CC1. The summed E-state index contributed by atoms with van der Waals surface area (Å²) in [6.45, 7) is 2.20. The molecule has 2 rings (SSSR count). The number of aryl methyl sites for hydroxylation is 1. The molecule has 1 heterocycles. The van der Waals surface area contributed by atoms with Crippen molar-refractivity contribution in [1.82, 2.24) is 15.1 Å². The quantitative estimate of drug-likeness (QED) is 0.830. The van der Waals surface area contributed by atoms with Crippen molar-refractivity contribution in [2.45, 2.75) is 44.6 Å². The molecular weight excluding hydrogens is 272 g/mol. The highest BCUT2D eigenvalue weighted by molar-refractivity contribution is 7.80. The van der Waals surface area contributed by atoms with Crippen LogP contribution >= 0.6 is 12.2 Å². The number of nitrogens with two attached hydrogens (primary N) is 1. The third-order valence-electron chi connectivity index (χ3n) is 4.33. The number of thiocarbonyl (C=S) groups is 1. The largest absolute Gasteiger partial charge is 0.391 e. The van der Waals surface area contributed by atoms with Gasteiger partial charge in [-0.25, -0.2) is 0 Å². The lowest BCUT2D eigenvalue weighted by atomic mass is 9.75. The van der Waals surface area contributed by atoms with E-state index < -0.39 is 5.54 Å². The zero-order valence-corrected chi connectivity index (χ0v) is 12.9. The van der Waals surface area contributed by atoms with Gasteiger partial charge < -0.3 is 11.1 Å². The lowest BCUT2D eigenvalue weighted by molar-refractivity contribution is 0.0898. The van der Waals surface area contributed by atoms with E-state index >= 15 is 0 Å². The third-order valence-corrected chi connectivity index (χ3v) is 4.72. The maximum absolute atomic E-state index is 12.3. The van der Waals surface area contributed by atoms with Crippen molar-refractivity contribution in [2.75, 3.05) is 0 Å². The first kappa shape index (κ1) is 15.0. The summed E-state index contributed by atoms with van der Waals surface area (Å²) in [4.78, 5) is 12.7. The van der Waals surface area contributed by atoms with Gasteiger partial charge in [0.2, 0.25) is 0 Å². The molecule has 110 valence electrons. The standard InChI is InChI=1S/C14H22N4OS/c1-3-10-4-6-14(7-5-10,13(15)20)17-12(19)11-8-16-18(2)9-11/h8-10H,3-7H2,1-2H3,(H2,15,20)(H,17,19). The summed E-state index contributed by atoms with van der Waals surface area (Å²) in [5, 5.41) is 7.06. The molecule has 0 aromatic carbocycles.